The summed E-state index contributed by atoms with van der Waals surface area (Å²) >= 11 is 0. The van der Waals surface area contributed by atoms with Crippen molar-refractivity contribution in [2.75, 3.05) is 6.54 Å². The van der Waals surface area contributed by atoms with Crippen molar-refractivity contribution >= 4 is 22.4 Å². The van der Waals surface area contributed by atoms with Crippen LogP contribution in [0.15, 0.2) is 23.1 Å². The molecule has 1 atom stereocenters. The molecule has 0 aromatic heterocycles. The average Bonchev–Trinajstić information content (AvgIpc) is 3.18. The van der Waals surface area contributed by atoms with Gasteiger partial charge in [-0.2, -0.15) is 13.2 Å². The third-order valence-electron chi connectivity index (χ3n) is 3.54. The SMILES string of the molecule is Cc1cc(C(F)(F)F)ccc1S(=O)(=O)NC(CN)C1CC1.Cl. The van der Waals surface area contributed by atoms with Gasteiger partial charge >= 0.3 is 6.18 Å². The van der Waals surface area contributed by atoms with E-state index in [2.05, 4.69) is 4.72 Å². The smallest absolute Gasteiger partial charge is 0.329 e. The molecule has 0 amide bonds. The van der Waals surface area contributed by atoms with Gasteiger partial charge in [-0.1, -0.05) is 0 Å². The number of hydrogen-bond donors (Lipinski definition) is 2. The maximum atomic E-state index is 12.6. The second-order valence-electron chi connectivity index (χ2n) is 5.28. The highest BCUT2D eigenvalue weighted by Gasteiger charge is 2.35. The molecule has 0 heterocycles. The molecule has 1 aliphatic rings. The fraction of sp³-hybridized carbons (Fsp3) is 0.538. The van der Waals surface area contributed by atoms with Gasteiger partial charge in [-0.15, -0.1) is 12.4 Å². The number of nitrogens with one attached hydrogen (secondary N) is 1. The van der Waals surface area contributed by atoms with Crippen molar-refractivity contribution in [1.82, 2.24) is 4.72 Å². The second kappa shape index (κ2) is 6.74. The highest BCUT2D eigenvalue weighted by atomic mass is 35.5. The van der Waals surface area contributed by atoms with Gasteiger partial charge in [0.05, 0.1) is 10.5 Å². The Morgan fingerprint density at radius 2 is 1.95 bits per heavy atom. The van der Waals surface area contributed by atoms with E-state index in [0.29, 0.717) is 0 Å². The van der Waals surface area contributed by atoms with Gasteiger partial charge in [-0.25, -0.2) is 13.1 Å². The number of alkyl halides is 3. The van der Waals surface area contributed by atoms with Gasteiger partial charge < -0.3 is 5.73 Å². The lowest BCUT2D eigenvalue weighted by atomic mass is 10.1. The minimum absolute atomic E-state index is 0. The van der Waals surface area contributed by atoms with Gasteiger partial charge in [0, 0.05) is 12.6 Å². The van der Waals surface area contributed by atoms with E-state index in [1.807, 2.05) is 0 Å². The molecule has 1 saturated carbocycles. The van der Waals surface area contributed by atoms with Crippen molar-refractivity contribution in [2.24, 2.45) is 11.7 Å². The highest BCUT2D eigenvalue weighted by Crippen LogP contribution is 2.34. The molecule has 3 N–H and O–H groups in total. The van der Waals surface area contributed by atoms with Gasteiger partial charge in [0.2, 0.25) is 10.0 Å². The Labute approximate surface area is 133 Å². The molecule has 1 aromatic rings. The third-order valence-corrected chi connectivity index (χ3v) is 5.19. The zero-order chi connectivity index (χ0) is 15.8. The molecule has 4 nitrogen and oxygen atoms in total. The summed E-state index contributed by atoms with van der Waals surface area (Å²) in [7, 11) is -3.87. The second-order valence-corrected chi connectivity index (χ2v) is 6.96. The van der Waals surface area contributed by atoms with Crippen LogP contribution in [0.25, 0.3) is 0 Å². The molecular weight excluding hydrogens is 341 g/mol. The predicted molar refractivity (Wildman–Crippen MR) is 79.3 cm³/mol. The summed E-state index contributed by atoms with van der Waals surface area (Å²) in [4.78, 5) is -0.144. The zero-order valence-electron chi connectivity index (χ0n) is 11.9. The van der Waals surface area contributed by atoms with Crippen LogP contribution >= 0.6 is 12.4 Å². The quantitative estimate of drug-likeness (QED) is 0.849. The molecule has 126 valence electrons. The van der Waals surface area contributed by atoms with Crippen molar-refractivity contribution < 1.29 is 21.6 Å². The largest absolute Gasteiger partial charge is 0.416 e. The van der Waals surface area contributed by atoms with E-state index >= 15 is 0 Å². The monoisotopic (exact) mass is 358 g/mol. The third kappa shape index (κ3) is 4.34. The van der Waals surface area contributed by atoms with E-state index in [4.69, 9.17) is 5.73 Å². The van der Waals surface area contributed by atoms with E-state index in [-0.39, 0.29) is 41.4 Å². The molecule has 1 fully saturated rings. The van der Waals surface area contributed by atoms with Crippen LogP contribution in [0.1, 0.15) is 24.0 Å². The number of aryl methyl sites for hydroxylation is 1. The molecule has 0 bridgehead atoms. The molecule has 0 radical (unpaired) electrons. The van der Waals surface area contributed by atoms with Gasteiger partial charge in [-0.05, 0) is 49.4 Å². The maximum Gasteiger partial charge on any atom is 0.416 e. The lowest BCUT2D eigenvalue weighted by Gasteiger charge is -2.18. The summed E-state index contributed by atoms with van der Waals surface area (Å²) in [6, 6.07) is 2.23. The Hall–Kier alpha value is -0.830. The van der Waals surface area contributed by atoms with Crippen LogP contribution in [0.5, 0.6) is 0 Å². The first-order valence-electron chi connectivity index (χ1n) is 6.55. The van der Waals surface area contributed by atoms with Crippen molar-refractivity contribution in [1.29, 1.82) is 0 Å². The number of halogens is 4. The van der Waals surface area contributed by atoms with Crippen molar-refractivity contribution in [3.8, 4) is 0 Å². The fourth-order valence-corrected chi connectivity index (χ4v) is 3.77. The van der Waals surface area contributed by atoms with Crippen LogP contribution in [-0.4, -0.2) is 21.0 Å². The van der Waals surface area contributed by atoms with Crippen LogP contribution in [0.4, 0.5) is 13.2 Å². The Kier molecular flexibility index (Phi) is 5.88. The van der Waals surface area contributed by atoms with Crippen LogP contribution in [0.2, 0.25) is 0 Å². The highest BCUT2D eigenvalue weighted by molar-refractivity contribution is 7.89. The minimum Gasteiger partial charge on any atom is -0.329 e. The predicted octanol–water partition coefficient (Wildman–Crippen LogP) is 2.45. The molecule has 1 unspecified atom stereocenters. The number of nitrogens with two attached hydrogens (primary N) is 1. The summed E-state index contributed by atoms with van der Waals surface area (Å²) < 4.78 is 64.8. The average molecular weight is 359 g/mol. The summed E-state index contributed by atoms with van der Waals surface area (Å²) in [5.41, 5.74) is 4.74. The van der Waals surface area contributed by atoms with Gasteiger partial charge in [-0.3, -0.25) is 0 Å². The maximum absolute atomic E-state index is 12.6. The van der Waals surface area contributed by atoms with Crippen LogP contribution < -0.4 is 10.5 Å². The molecule has 2 rings (SSSR count). The molecule has 9 heteroatoms. The summed E-state index contributed by atoms with van der Waals surface area (Å²) in [6.07, 6.45) is -2.67. The van der Waals surface area contributed by atoms with E-state index in [0.717, 1.165) is 31.0 Å². The van der Waals surface area contributed by atoms with E-state index in [1.165, 1.54) is 6.92 Å². The minimum atomic E-state index is -4.49. The molecule has 0 spiro atoms. The molecule has 0 aliphatic heterocycles. The standard InChI is InChI=1S/C13H17F3N2O2S.ClH/c1-8-6-10(13(14,15)16)4-5-12(8)21(19,20)18-11(7-17)9-2-3-9;/h4-6,9,11,18H,2-3,7,17H2,1H3;1H. The van der Waals surface area contributed by atoms with Gasteiger partial charge in [0.15, 0.2) is 0 Å². The Morgan fingerprint density at radius 3 is 2.36 bits per heavy atom. The molecule has 1 aliphatic carbocycles. The summed E-state index contributed by atoms with van der Waals surface area (Å²) in [5.74, 6) is 0.222. The lowest BCUT2D eigenvalue weighted by Crippen LogP contribution is -2.41. The summed E-state index contributed by atoms with van der Waals surface area (Å²) in [6.45, 7) is 1.52. The van der Waals surface area contributed by atoms with Crippen molar-refractivity contribution in [3.63, 3.8) is 0 Å². The molecular formula is C13H18ClF3N2O2S. The number of benzene rings is 1. The number of hydrogen-bond acceptors (Lipinski definition) is 3. The van der Waals surface area contributed by atoms with Crippen molar-refractivity contribution in [2.45, 2.75) is 36.9 Å². The molecule has 1 aromatic carbocycles. The van der Waals surface area contributed by atoms with Crippen LogP contribution in [0.3, 0.4) is 0 Å². The van der Waals surface area contributed by atoms with E-state index in [9.17, 15) is 21.6 Å². The molecule has 0 saturated heterocycles. The van der Waals surface area contributed by atoms with Gasteiger partial charge in [0.25, 0.3) is 0 Å². The van der Waals surface area contributed by atoms with Crippen LogP contribution in [0, 0.1) is 12.8 Å². The topological polar surface area (TPSA) is 72.2 Å². The first-order chi connectivity index (χ1) is 9.65. The Bertz CT molecular complexity index is 631. The molecule has 22 heavy (non-hydrogen) atoms. The van der Waals surface area contributed by atoms with Gasteiger partial charge in [0.1, 0.15) is 0 Å². The van der Waals surface area contributed by atoms with Crippen LogP contribution in [-0.2, 0) is 16.2 Å². The zero-order valence-corrected chi connectivity index (χ0v) is 13.5. The lowest BCUT2D eigenvalue weighted by molar-refractivity contribution is -0.137. The van der Waals surface area contributed by atoms with E-state index in [1.54, 1.807) is 0 Å². The number of rotatable bonds is 5. The number of sulfonamides is 1. The van der Waals surface area contributed by atoms with Crippen molar-refractivity contribution in [3.05, 3.63) is 29.3 Å². The normalized spacial score (nSPS) is 17.0. The Morgan fingerprint density at radius 1 is 1.36 bits per heavy atom. The summed E-state index contributed by atoms with van der Waals surface area (Å²) in [5, 5.41) is 0. The first-order valence-corrected chi connectivity index (χ1v) is 8.03. The Balaban J connectivity index is 0.00000242. The first kappa shape index (κ1) is 19.2. The fourth-order valence-electron chi connectivity index (χ4n) is 2.23. The van der Waals surface area contributed by atoms with E-state index < -0.39 is 21.8 Å².